The number of aromatic nitrogens is 2. The molecule has 1 amide bonds. The number of nitrogens with zero attached hydrogens (tertiary/aromatic N) is 3. The molecule has 3 N–H and O–H groups in total. The van der Waals surface area contributed by atoms with Gasteiger partial charge in [0.25, 0.3) is 5.91 Å². The number of carbonyl (C=O) groups excluding carboxylic acids is 1. The van der Waals surface area contributed by atoms with Crippen LogP contribution >= 0.6 is 0 Å². The van der Waals surface area contributed by atoms with Gasteiger partial charge in [-0.05, 0) is 12.1 Å². The van der Waals surface area contributed by atoms with Crippen LogP contribution < -0.4 is 11.1 Å². The fourth-order valence-corrected chi connectivity index (χ4v) is 1.34. The van der Waals surface area contributed by atoms with Crippen LogP contribution in [0.25, 0.3) is 0 Å². The zero-order valence-electron chi connectivity index (χ0n) is 9.29. The SMILES string of the molecule is N#Cc1ncc(C(=O)Nc2ccccc2)c(N)n1. The zero-order valence-corrected chi connectivity index (χ0v) is 9.29. The van der Waals surface area contributed by atoms with Crippen LogP contribution in [0.4, 0.5) is 11.5 Å². The molecule has 18 heavy (non-hydrogen) atoms. The zero-order chi connectivity index (χ0) is 13.0. The van der Waals surface area contributed by atoms with Gasteiger partial charge >= 0.3 is 0 Å². The van der Waals surface area contributed by atoms with Crippen molar-refractivity contribution in [2.45, 2.75) is 0 Å². The lowest BCUT2D eigenvalue weighted by Crippen LogP contribution is -2.15. The first-order valence-corrected chi connectivity index (χ1v) is 5.09. The Morgan fingerprint density at radius 3 is 2.67 bits per heavy atom. The predicted molar refractivity (Wildman–Crippen MR) is 65.6 cm³/mol. The minimum absolute atomic E-state index is 0.0185. The Bertz CT molecular complexity index is 618. The summed E-state index contributed by atoms with van der Waals surface area (Å²) in [5.41, 5.74) is 6.37. The Hall–Kier alpha value is -2.94. The van der Waals surface area contributed by atoms with Crippen molar-refractivity contribution < 1.29 is 4.79 Å². The summed E-state index contributed by atoms with van der Waals surface area (Å²) >= 11 is 0. The van der Waals surface area contributed by atoms with E-state index >= 15 is 0 Å². The molecule has 0 atom stereocenters. The van der Waals surface area contributed by atoms with Crippen molar-refractivity contribution in [2.75, 3.05) is 11.1 Å². The normalized spacial score (nSPS) is 9.50. The summed E-state index contributed by atoms with van der Waals surface area (Å²) in [6.45, 7) is 0. The number of para-hydroxylation sites is 1. The first-order chi connectivity index (χ1) is 8.70. The molecule has 1 aromatic carbocycles. The minimum atomic E-state index is -0.414. The smallest absolute Gasteiger partial charge is 0.260 e. The van der Waals surface area contributed by atoms with E-state index in [0.29, 0.717) is 5.69 Å². The van der Waals surface area contributed by atoms with Crippen molar-refractivity contribution in [1.82, 2.24) is 9.97 Å². The van der Waals surface area contributed by atoms with Gasteiger partial charge in [-0.2, -0.15) is 5.26 Å². The fourth-order valence-electron chi connectivity index (χ4n) is 1.34. The lowest BCUT2D eigenvalue weighted by Gasteiger charge is -2.06. The van der Waals surface area contributed by atoms with Crippen LogP contribution in [0.1, 0.15) is 16.2 Å². The summed E-state index contributed by atoms with van der Waals surface area (Å²) in [6.07, 6.45) is 1.24. The quantitative estimate of drug-likeness (QED) is 0.818. The van der Waals surface area contributed by atoms with Crippen LogP contribution in [0.2, 0.25) is 0 Å². The van der Waals surface area contributed by atoms with E-state index in [1.54, 1.807) is 30.3 Å². The van der Waals surface area contributed by atoms with Gasteiger partial charge in [0.15, 0.2) is 0 Å². The summed E-state index contributed by atoms with van der Waals surface area (Å²) < 4.78 is 0. The number of nitriles is 1. The molecule has 0 fully saturated rings. The molecule has 88 valence electrons. The van der Waals surface area contributed by atoms with E-state index in [2.05, 4.69) is 15.3 Å². The number of hydrogen-bond acceptors (Lipinski definition) is 5. The number of nitrogen functional groups attached to an aromatic ring is 1. The molecule has 0 aliphatic carbocycles. The van der Waals surface area contributed by atoms with Crippen molar-refractivity contribution >= 4 is 17.4 Å². The highest BCUT2D eigenvalue weighted by Gasteiger charge is 2.12. The van der Waals surface area contributed by atoms with E-state index < -0.39 is 5.91 Å². The standard InChI is InChI=1S/C12H9N5O/c13-6-10-15-7-9(11(14)17-10)12(18)16-8-4-2-1-3-5-8/h1-5,7H,(H,16,18)(H2,14,15,17). The third-order valence-corrected chi connectivity index (χ3v) is 2.19. The number of nitrogens with one attached hydrogen (secondary N) is 1. The number of carbonyl (C=O) groups is 1. The summed E-state index contributed by atoms with van der Waals surface area (Å²) in [4.78, 5) is 19.3. The molecule has 0 radical (unpaired) electrons. The van der Waals surface area contributed by atoms with Gasteiger partial charge in [-0.1, -0.05) is 18.2 Å². The summed E-state index contributed by atoms with van der Waals surface area (Å²) in [6, 6.07) is 10.7. The molecule has 1 aromatic heterocycles. The molecular formula is C12H9N5O. The molecule has 2 rings (SSSR count). The Labute approximate surface area is 103 Å². The van der Waals surface area contributed by atoms with Crippen LogP contribution in [0.5, 0.6) is 0 Å². The molecule has 0 bridgehead atoms. The second-order valence-electron chi connectivity index (χ2n) is 3.42. The van der Waals surface area contributed by atoms with Gasteiger partial charge in [0, 0.05) is 11.9 Å². The number of rotatable bonds is 2. The Balaban J connectivity index is 2.22. The first kappa shape index (κ1) is 11.5. The monoisotopic (exact) mass is 239 g/mol. The molecule has 0 aliphatic rings. The summed E-state index contributed by atoms with van der Waals surface area (Å²) in [7, 11) is 0. The van der Waals surface area contributed by atoms with Crippen molar-refractivity contribution in [1.29, 1.82) is 5.26 Å². The predicted octanol–water partition coefficient (Wildman–Crippen LogP) is 1.18. The van der Waals surface area contributed by atoms with Gasteiger partial charge in [0.05, 0.1) is 0 Å². The van der Waals surface area contributed by atoms with Crippen LogP contribution in [-0.4, -0.2) is 15.9 Å². The van der Waals surface area contributed by atoms with Gasteiger partial charge in [-0.3, -0.25) is 4.79 Å². The molecule has 6 heteroatoms. The number of hydrogen-bond donors (Lipinski definition) is 2. The van der Waals surface area contributed by atoms with Crippen LogP contribution in [0.3, 0.4) is 0 Å². The molecule has 2 aromatic rings. The van der Waals surface area contributed by atoms with Gasteiger partial charge in [0.2, 0.25) is 5.82 Å². The highest BCUT2D eigenvalue weighted by molar-refractivity contribution is 6.06. The van der Waals surface area contributed by atoms with Crippen LogP contribution in [0.15, 0.2) is 36.5 Å². The van der Waals surface area contributed by atoms with Crippen molar-refractivity contribution in [3.05, 3.63) is 47.9 Å². The second kappa shape index (κ2) is 4.93. The minimum Gasteiger partial charge on any atom is -0.383 e. The fraction of sp³-hybridized carbons (Fsp3) is 0. The molecule has 0 saturated carbocycles. The average Bonchev–Trinajstić information content (AvgIpc) is 2.39. The Morgan fingerprint density at radius 1 is 1.33 bits per heavy atom. The van der Waals surface area contributed by atoms with E-state index in [0.717, 1.165) is 0 Å². The third-order valence-electron chi connectivity index (χ3n) is 2.19. The largest absolute Gasteiger partial charge is 0.383 e. The maximum atomic E-state index is 11.9. The first-order valence-electron chi connectivity index (χ1n) is 5.09. The highest BCUT2D eigenvalue weighted by atomic mass is 16.1. The Kier molecular flexibility index (Phi) is 3.16. The molecule has 1 heterocycles. The lowest BCUT2D eigenvalue weighted by atomic mass is 10.2. The van der Waals surface area contributed by atoms with Crippen molar-refractivity contribution in [3.8, 4) is 6.07 Å². The van der Waals surface area contributed by atoms with E-state index in [1.807, 2.05) is 6.07 Å². The highest BCUT2D eigenvalue weighted by Crippen LogP contribution is 2.11. The van der Waals surface area contributed by atoms with E-state index in [4.69, 9.17) is 11.0 Å². The Morgan fingerprint density at radius 2 is 2.06 bits per heavy atom. The average molecular weight is 239 g/mol. The number of nitrogens with two attached hydrogens (primary N) is 1. The van der Waals surface area contributed by atoms with Crippen LogP contribution in [-0.2, 0) is 0 Å². The van der Waals surface area contributed by atoms with E-state index in [-0.39, 0.29) is 17.2 Å². The molecule has 0 saturated heterocycles. The van der Waals surface area contributed by atoms with Gasteiger partial charge in [-0.25, -0.2) is 9.97 Å². The van der Waals surface area contributed by atoms with E-state index in [9.17, 15) is 4.79 Å². The molecule has 6 nitrogen and oxygen atoms in total. The van der Waals surface area contributed by atoms with Crippen molar-refractivity contribution in [3.63, 3.8) is 0 Å². The third kappa shape index (κ3) is 2.41. The van der Waals surface area contributed by atoms with Crippen LogP contribution in [0, 0.1) is 11.3 Å². The molecule has 0 spiro atoms. The lowest BCUT2D eigenvalue weighted by molar-refractivity contribution is 0.102. The maximum absolute atomic E-state index is 11.9. The van der Waals surface area contributed by atoms with Crippen molar-refractivity contribution in [2.24, 2.45) is 0 Å². The number of amides is 1. The maximum Gasteiger partial charge on any atom is 0.260 e. The summed E-state index contributed by atoms with van der Waals surface area (Å²) in [5.74, 6) is -0.498. The van der Waals surface area contributed by atoms with Gasteiger partial charge in [-0.15, -0.1) is 0 Å². The van der Waals surface area contributed by atoms with Gasteiger partial charge in [0.1, 0.15) is 17.5 Å². The van der Waals surface area contributed by atoms with E-state index in [1.165, 1.54) is 6.20 Å². The summed E-state index contributed by atoms with van der Waals surface area (Å²) in [5, 5.41) is 11.3. The second-order valence-corrected chi connectivity index (χ2v) is 3.42. The van der Waals surface area contributed by atoms with Gasteiger partial charge < -0.3 is 11.1 Å². The molecule has 0 unspecified atom stereocenters. The topological polar surface area (TPSA) is 105 Å². The molecule has 0 aliphatic heterocycles. The molecular weight excluding hydrogens is 230 g/mol. The number of benzene rings is 1. The number of anilines is 2.